The van der Waals surface area contributed by atoms with Crippen molar-refractivity contribution in [3.05, 3.63) is 6.33 Å². The van der Waals surface area contributed by atoms with Crippen molar-refractivity contribution in [1.29, 1.82) is 0 Å². The minimum Gasteiger partial charge on any atom is -0.492 e. The van der Waals surface area contributed by atoms with E-state index in [2.05, 4.69) is 0 Å². The van der Waals surface area contributed by atoms with E-state index in [1.807, 2.05) is 0 Å². The fourth-order valence-corrected chi connectivity index (χ4v) is 13.1. The predicted molar refractivity (Wildman–Crippen MR) is 278 cm³/mol. The molecule has 0 amide bonds. The summed E-state index contributed by atoms with van der Waals surface area (Å²) >= 11 is 0. The highest BCUT2D eigenvalue weighted by molar-refractivity contribution is 6.63. The molecule has 0 aliphatic rings. The molecule has 13 rings (SSSR count). The van der Waals surface area contributed by atoms with E-state index in [1.54, 1.807) is 113 Å². The first-order chi connectivity index (χ1) is 35.2. The summed E-state index contributed by atoms with van der Waals surface area (Å²) < 4.78 is 97.3. The molecule has 0 saturated carbocycles. The Morgan fingerprint density at radius 3 is 0.486 bits per heavy atom. The van der Waals surface area contributed by atoms with Crippen LogP contribution in [-0.4, -0.2) is 117 Å². The summed E-state index contributed by atoms with van der Waals surface area (Å²) in [5.74, 6) is 5.36. The Morgan fingerprint density at radius 1 is 0.167 bits per heavy atom. The molecule has 0 aliphatic heterocycles. The number of aromatic nitrogens is 2. The summed E-state index contributed by atoms with van der Waals surface area (Å²) in [6, 6.07) is 0. The van der Waals surface area contributed by atoms with Gasteiger partial charge in [-0.25, -0.2) is 9.97 Å². The zero-order valence-corrected chi connectivity index (χ0v) is 42.1. The lowest BCUT2D eigenvalue weighted by molar-refractivity contribution is 0.326. The molecule has 17 heteroatoms. The van der Waals surface area contributed by atoms with Gasteiger partial charge in [0.1, 0.15) is 6.33 Å². The van der Waals surface area contributed by atoms with Crippen LogP contribution in [0.2, 0.25) is 0 Å². The third-order valence-electron chi connectivity index (χ3n) is 15.2. The van der Waals surface area contributed by atoms with E-state index in [-0.39, 0.29) is 0 Å². The fourth-order valence-electron chi connectivity index (χ4n) is 13.1. The van der Waals surface area contributed by atoms with Crippen molar-refractivity contribution in [2.75, 3.05) is 107 Å². The van der Waals surface area contributed by atoms with Gasteiger partial charge in [-0.2, -0.15) is 0 Å². The number of benzene rings is 12. The van der Waals surface area contributed by atoms with Gasteiger partial charge in [0.05, 0.1) is 128 Å². The molecular weight excluding hydrogens is 929 g/mol. The molecule has 366 valence electrons. The lowest BCUT2D eigenvalue weighted by Gasteiger charge is -2.33. The number of nitrogens with zero attached hydrogens (tertiary/aromatic N) is 2. The third-order valence-corrected chi connectivity index (χ3v) is 15.2. The van der Waals surface area contributed by atoms with Gasteiger partial charge in [-0.3, -0.25) is 0 Å². The lowest BCUT2D eigenvalue weighted by Crippen LogP contribution is -2.08. The summed E-state index contributed by atoms with van der Waals surface area (Å²) in [4.78, 5) is 10.4. The zero-order valence-electron chi connectivity index (χ0n) is 42.1. The van der Waals surface area contributed by atoms with Crippen molar-refractivity contribution in [2.24, 2.45) is 0 Å². The topological polar surface area (TPSA) is 164 Å². The highest BCUT2D eigenvalue weighted by atomic mass is 16.6. The molecule has 13 aromatic rings. The number of rotatable bonds is 15. The van der Waals surface area contributed by atoms with Gasteiger partial charge in [0.2, 0.25) is 28.7 Å². The normalized spacial score (nSPS) is 12.4. The van der Waals surface area contributed by atoms with Crippen LogP contribution in [0.3, 0.4) is 0 Å². The van der Waals surface area contributed by atoms with Crippen molar-refractivity contribution in [3.8, 4) is 86.2 Å². The van der Waals surface area contributed by atoms with E-state index >= 15 is 0 Å². The molecule has 1 heterocycles. The number of hydrogen-bond acceptors (Lipinski definition) is 17. The van der Waals surface area contributed by atoms with Gasteiger partial charge >= 0.3 is 0 Å². The molecule has 0 radical (unpaired) electrons. The van der Waals surface area contributed by atoms with Gasteiger partial charge in [-0.05, 0) is 0 Å². The van der Waals surface area contributed by atoms with Crippen LogP contribution in [0.1, 0.15) is 0 Å². The van der Waals surface area contributed by atoms with Crippen LogP contribution in [0.5, 0.6) is 86.2 Å². The average molecular weight is 975 g/mol. The van der Waals surface area contributed by atoms with Gasteiger partial charge in [-0.15, -0.1) is 0 Å². The van der Waals surface area contributed by atoms with Gasteiger partial charge < -0.3 is 71.1 Å². The second-order valence-electron chi connectivity index (χ2n) is 17.3. The maximum Gasteiger partial charge on any atom is 0.204 e. The van der Waals surface area contributed by atoms with Gasteiger partial charge in [-0.1, -0.05) is 0 Å². The lowest BCUT2D eigenvalue weighted by atomic mass is 9.73. The SMILES string of the molecule is COc1c(OC)c2c3ncnc4c5c(OC)c(OC)c(OC)c6c7c(OC)c(OC)c(OC)c8c9c(OC)c(OC)c(OC)c%10c%11c(OC)c(OC)c(OC)c%12c(c1OC)c2c1c(c34)c(c56)c(c78)c(c%109)c1c%12%11. The van der Waals surface area contributed by atoms with E-state index < -0.39 is 0 Å². The summed E-state index contributed by atoms with van der Waals surface area (Å²) in [5, 5.41) is 15.8. The standard InChI is InChI=1S/C55H46N2O15/c1-58-41-28-23-17-18-20-22-21-19(17)25-31(29(23)42(59-2)51(41)68-11)44(61-4)53(70-13)46(63-6)33(25)35-27(21)38(50(67-10)55(72-15)48(35)65-8)40-36(22)39(56-16-57-40)37-26(20)34(47(64-7)54(71-14)49(37)66-9)32-24(18)30(28)43(60-3)52(69-12)45(32)62-5/h16H,1-15H3. The Morgan fingerprint density at radius 2 is 0.306 bits per heavy atom. The van der Waals surface area contributed by atoms with Crippen molar-refractivity contribution in [1.82, 2.24) is 9.97 Å². The monoisotopic (exact) mass is 974 g/mol. The third kappa shape index (κ3) is 4.33. The van der Waals surface area contributed by atoms with E-state index in [1.165, 1.54) is 0 Å². The number of hydrogen-bond donors (Lipinski definition) is 0. The Balaban J connectivity index is 1.63. The predicted octanol–water partition coefficient (Wildman–Crippen LogP) is 11.1. The minimum atomic E-state index is 0.303. The summed E-state index contributed by atoms with van der Waals surface area (Å²) in [7, 11) is 24.0. The summed E-state index contributed by atoms with van der Waals surface area (Å²) in [6.07, 6.45) is 1.55. The van der Waals surface area contributed by atoms with Crippen LogP contribution in [-0.2, 0) is 0 Å². The summed E-state index contributed by atoms with van der Waals surface area (Å²) in [6.45, 7) is 0. The second-order valence-corrected chi connectivity index (χ2v) is 17.3. The molecule has 0 spiro atoms. The van der Waals surface area contributed by atoms with Crippen molar-refractivity contribution >= 4 is 130 Å². The maximum absolute atomic E-state index is 6.58. The molecular formula is C55H46N2O15. The Labute approximate surface area is 408 Å². The van der Waals surface area contributed by atoms with E-state index in [0.717, 1.165) is 64.6 Å². The van der Waals surface area contributed by atoms with Gasteiger partial charge in [0.25, 0.3) is 0 Å². The van der Waals surface area contributed by atoms with Crippen molar-refractivity contribution < 1.29 is 71.1 Å². The molecule has 12 aromatic carbocycles. The van der Waals surface area contributed by atoms with E-state index in [4.69, 9.17) is 81.0 Å². The molecule has 17 nitrogen and oxygen atoms in total. The molecule has 0 unspecified atom stereocenters. The van der Waals surface area contributed by atoms with Crippen LogP contribution >= 0.6 is 0 Å². The second kappa shape index (κ2) is 14.7. The highest BCUT2D eigenvalue weighted by Gasteiger charge is 2.43. The molecule has 1 aromatic heterocycles. The summed E-state index contributed by atoms with van der Waals surface area (Å²) in [5.41, 5.74) is 1.16. The first-order valence-corrected chi connectivity index (χ1v) is 22.6. The van der Waals surface area contributed by atoms with Crippen molar-refractivity contribution in [3.63, 3.8) is 0 Å². The Hall–Kier alpha value is -8.60. The Kier molecular flexibility index (Phi) is 8.88. The van der Waals surface area contributed by atoms with E-state index in [9.17, 15) is 0 Å². The van der Waals surface area contributed by atoms with Crippen LogP contribution in [0.4, 0.5) is 0 Å². The average Bonchev–Trinajstić information content (AvgIpc) is 3.42. The Bertz CT molecular complexity index is 4170. The largest absolute Gasteiger partial charge is 0.492 e. The molecule has 0 saturated heterocycles. The minimum absolute atomic E-state index is 0.303. The first-order valence-electron chi connectivity index (χ1n) is 22.6. The quantitative estimate of drug-likeness (QED) is 0.0703. The molecule has 0 fully saturated rings. The van der Waals surface area contributed by atoms with E-state index in [0.29, 0.717) is 151 Å². The molecule has 0 atom stereocenters. The number of ether oxygens (including phenoxy) is 15. The maximum atomic E-state index is 6.58. The highest BCUT2D eigenvalue weighted by Crippen LogP contribution is 2.71. The molecule has 72 heavy (non-hydrogen) atoms. The zero-order chi connectivity index (χ0) is 50.2. The fraction of sp³-hybridized carbons (Fsp3) is 0.273. The van der Waals surface area contributed by atoms with Crippen LogP contribution in [0, 0.1) is 0 Å². The number of methoxy groups -OCH3 is 15. The molecule has 0 bridgehead atoms. The van der Waals surface area contributed by atoms with Crippen molar-refractivity contribution in [2.45, 2.75) is 0 Å². The van der Waals surface area contributed by atoms with Gasteiger partial charge in [0, 0.05) is 108 Å². The van der Waals surface area contributed by atoms with Gasteiger partial charge in [0.15, 0.2) is 57.5 Å². The van der Waals surface area contributed by atoms with Crippen LogP contribution < -0.4 is 71.1 Å². The molecule has 0 aliphatic carbocycles. The van der Waals surface area contributed by atoms with Crippen LogP contribution in [0.15, 0.2) is 6.33 Å². The molecule has 0 N–H and O–H groups in total. The first kappa shape index (κ1) is 43.4. The van der Waals surface area contributed by atoms with Crippen LogP contribution in [0.25, 0.3) is 130 Å². The number of fused-ring (bicyclic) bond motifs is 6. The smallest absolute Gasteiger partial charge is 0.204 e.